The number of hydrogen-bond donors (Lipinski definition) is 2. The van der Waals surface area contributed by atoms with E-state index in [0.717, 1.165) is 16.3 Å². The molecule has 0 bridgehead atoms. The summed E-state index contributed by atoms with van der Waals surface area (Å²) in [4.78, 5) is 24.4. The van der Waals surface area contributed by atoms with Crippen LogP contribution in [-0.4, -0.2) is 59.1 Å². The van der Waals surface area contributed by atoms with Crippen molar-refractivity contribution in [2.24, 2.45) is 4.99 Å². The lowest BCUT2D eigenvalue weighted by molar-refractivity contribution is -0.137. The number of aromatic nitrogens is 1. The Kier molecular flexibility index (Phi) is 8.49. The van der Waals surface area contributed by atoms with Crippen LogP contribution < -0.4 is 5.32 Å². The van der Waals surface area contributed by atoms with Gasteiger partial charge < -0.3 is 15.2 Å². The number of carboxylic acid groups (broad SMARTS) is 1. The summed E-state index contributed by atoms with van der Waals surface area (Å²) < 4.78 is 19.4. The number of hydrogen-bond acceptors (Lipinski definition) is 7. The van der Waals surface area contributed by atoms with Crippen LogP contribution in [0.5, 0.6) is 0 Å². The van der Waals surface area contributed by atoms with E-state index in [1.54, 1.807) is 17.2 Å². The fourth-order valence-corrected chi connectivity index (χ4v) is 5.21. The standard InChI is InChI=1S/C23H23BrClFN4O3S/c24-6-5-17-19(12-30-8-9-33-13-15(30)2-4-20(31)32)28-22(23-27-7-10-34-23)29-21(17)16-3-1-14(26)11-18(16)25/h1,3,5-7,10-11,15,21H,2,4,8-9,12-13H2,(H,28,29)(H,31,32)/b6-5+. The molecule has 2 N–H and O–H groups in total. The van der Waals surface area contributed by atoms with Crippen LogP contribution in [0.2, 0.25) is 5.02 Å². The number of nitrogens with zero attached hydrogens (tertiary/aromatic N) is 3. The van der Waals surface area contributed by atoms with Crippen LogP contribution in [0, 0.1) is 5.82 Å². The minimum Gasteiger partial charge on any atom is -0.481 e. The molecule has 0 aliphatic carbocycles. The first-order valence-corrected chi connectivity index (χ1v) is 12.9. The van der Waals surface area contributed by atoms with Gasteiger partial charge in [0.25, 0.3) is 0 Å². The summed E-state index contributed by atoms with van der Waals surface area (Å²) in [5, 5.41) is 15.5. The molecule has 1 saturated heterocycles. The number of aliphatic imine (C=N–C) groups is 1. The number of carboxylic acids is 1. The molecule has 0 radical (unpaired) electrons. The van der Waals surface area contributed by atoms with Crippen LogP contribution in [0.25, 0.3) is 0 Å². The molecular formula is C23H23BrClFN4O3S. The van der Waals surface area contributed by atoms with Gasteiger partial charge >= 0.3 is 5.97 Å². The van der Waals surface area contributed by atoms with Crippen LogP contribution >= 0.6 is 38.9 Å². The quantitative estimate of drug-likeness (QED) is 0.477. The number of amidine groups is 1. The van der Waals surface area contributed by atoms with E-state index in [-0.39, 0.29) is 12.5 Å². The number of aliphatic carboxylic acids is 1. The van der Waals surface area contributed by atoms with Crippen molar-refractivity contribution in [1.29, 1.82) is 0 Å². The molecule has 3 heterocycles. The number of morpholine rings is 1. The number of nitrogens with one attached hydrogen (secondary N) is 1. The molecule has 180 valence electrons. The Bertz CT molecular complexity index is 1130. The van der Waals surface area contributed by atoms with E-state index in [9.17, 15) is 9.18 Å². The second kappa shape index (κ2) is 11.5. The molecule has 2 unspecified atom stereocenters. The zero-order chi connectivity index (χ0) is 24.1. The summed E-state index contributed by atoms with van der Waals surface area (Å²) >= 11 is 11.3. The average Bonchev–Trinajstić information content (AvgIpc) is 3.35. The van der Waals surface area contributed by atoms with Crippen LogP contribution in [0.15, 0.2) is 57.1 Å². The topological polar surface area (TPSA) is 87.1 Å². The molecule has 4 rings (SSSR count). The lowest BCUT2D eigenvalue weighted by atomic mass is 9.95. The summed E-state index contributed by atoms with van der Waals surface area (Å²) in [6.45, 7) is 2.25. The van der Waals surface area contributed by atoms with Crippen molar-refractivity contribution >= 4 is 50.7 Å². The highest BCUT2D eigenvalue weighted by Gasteiger charge is 2.31. The molecule has 0 amide bonds. The highest BCUT2D eigenvalue weighted by atomic mass is 79.9. The van der Waals surface area contributed by atoms with Gasteiger partial charge in [0.05, 0.1) is 13.2 Å². The van der Waals surface area contributed by atoms with Crippen LogP contribution in [0.3, 0.4) is 0 Å². The maximum Gasteiger partial charge on any atom is 0.303 e. The number of carbonyl (C=O) groups is 1. The first kappa shape index (κ1) is 25.0. The second-order valence-corrected chi connectivity index (χ2v) is 9.70. The number of ether oxygens (including phenoxy) is 1. The van der Waals surface area contributed by atoms with Gasteiger partial charge in [-0.2, -0.15) is 0 Å². The van der Waals surface area contributed by atoms with Gasteiger partial charge in [0, 0.05) is 53.4 Å². The molecular weight excluding hydrogens is 547 g/mol. The molecule has 1 fully saturated rings. The van der Waals surface area contributed by atoms with Crippen molar-refractivity contribution < 1.29 is 19.0 Å². The molecule has 0 spiro atoms. The Morgan fingerprint density at radius 2 is 2.32 bits per heavy atom. The third-order valence-electron chi connectivity index (χ3n) is 5.71. The monoisotopic (exact) mass is 568 g/mol. The van der Waals surface area contributed by atoms with E-state index in [0.29, 0.717) is 49.1 Å². The Hall–Kier alpha value is -2.11. The maximum absolute atomic E-state index is 13.8. The van der Waals surface area contributed by atoms with Gasteiger partial charge in [0.1, 0.15) is 11.9 Å². The summed E-state index contributed by atoms with van der Waals surface area (Å²) in [6, 6.07) is 3.82. The van der Waals surface area contributed by atoms with E-state index in [1.165, 1.54) is 23.5 Å². The van der Waals surface area contributed by atoms with E-state index < -0.39 is 17.8 Å². The largest absolute Gasteiger partial charge is 0.481 e. The van der Waals surface area contributed by atoms with E-state index >= 15 is 0 Å². The highest BCUT2D eigenvalue weighted by molar-refractivity contribution is 9.11. The van der Waals surface area contributed by atoms with Crippen molar-refractivity contribution in [1.82, 2.24) is 15.2 Å². The van der Waals surface area contributed by atoms with E-state index in [1.807, 2.05) is 11.5 Å². The number of thiazole rings is 1. The number of benzene rings is 1. The lowest BCUT2D eigenvalue weighted by Gasteiger charge is -2.37. The van der Waals surface area contributed by atoms with Gasteiger partial charge in [0.15, 0.2) is 10.8 Å². The third-order valence-corrected chi connectivity index (χ3v) is 7.08. The molecule has 2 aliphatic rings. The fourth-order valence-electron chi connectivity index (χ4n) is 4.07. The molecule has 2 aliphatic heterocycles. The Morgan fingerprint density at radius 3 is 3.03 bits per heavy atom. The second-order valence-electron chi connectivity index (χ2n) is 7.87. The van der Waals surface area contributed by atoms with Gasteiger partial charge in [-0.25, -0.2) is 9.37 Å². The van der Waals surface area contributed by atoms with Crippen LogP contribution in [-0.2, 0) is 9.53 Å². The van der Waals surface area contributed by atoms with Crippen LogP contribution in [0.1, 0.15) is 29.5 Å². The first-order valence-electron chi connectivity index (χ1n) is 10.7. The normalized spacial score (nSPS) is 21.6. The molecule has 2 atom stereocenters. The Labute approximate surface area is 214 Å². The predicted octanol–water partition coefficient (Wildman–Crippen LogP) is 4.76. The van der Waals surface area contributed by atoms with Crippen molar-refractivity contribution in [2.45, 2.75) is 24.9 Å². The summed E-state index contributed by atoms with van der Waals surface area (Å²) in [6.07, 6.45) is 4.18. The molecule has 1 aromatic carbocycles. The van der Waals surface area contributed by atoms with Crippen molar-refractivity contribution in [3.63, 3.8) is 0 Å². The van der Waals surface area contributed by atoms with E-state index in [2.05, 4.69) is 31.1 Å². The minimum absolute atomic E-state index is 0.0246. The first-order chi connectivity index (χ1) is 16.5. The fraction of sp³-hybridized carbons (Fsp3) is 0.348. The van der Waals surface area contributed by atoms with Crippen molar-refractivity contribution in [2.75, 3.05) is 26.3 Å². The minimum atomic E-state index is -0.826. The highest BCUT2D eigenvalue weighted by Crippen LogP contribution is 2.37. The Morgan fingerprint density at radius 1 is 1.47 bits per heavy atom. The van der Waals surface area contributed by atoms with Crippen molar-refractivity contribution in [3.05, 3.63) is 73.5 Å². The maximum atomic E-state index is 13.8. The van der Waals surface area contributed by atoms with Gasteiger partial charge in [-0.1, -0.05) is 33.6 Å². The molecule has 7 nitrogen and oxygen atoms in total. The smallest absolute Gasteiger partial charge is 0.303 e. The SMILES string of the molecule is O=C(O)CCC1COCCN1CC1=C(/C=C/Br)C(c2ccc(F)cc2Cl)N=C(c2nccs2)N1. The number of rotatable bonds is 8. The predicted molar refractivity (Wildman–Crippen MR) is 134 cm³/mol. The van der Waals surface area contributed by atoms with Gasteiger partial charge in [-0.3, -0.25) is 14.7 Å². The summed E-state index contributed by atoms with van der Waals surface area (Å²) in [7, 11) is 0. The summed E-state index contributed by atoms with van der Waals surface area (Å²) in [5.74, 6) is -0.631. The Balaban J connectivity index is 1.73. The van der Waals surface area contributed by atoms with Crippen molar-refractivity contribution in [3.8, 4) is 0 Å². The summed E-state index contributed by atoms with van der Waals surface area (Å²) in [5.41, 5.74) is 2.44. The zero-order valence-electron chi connectivity index (χ0n) is 18.1. The molecule has 2 aromatic rings. The van der Waals surface area contributed by atoms with E-state index in [4.69, 9.17) is 26.4 Å². The third kappa shape index (κ3) is 5.92. The average molecular weight is 570 g/mol. The number of halogens is 3. The zero-order valence-corrected chi connectivity index (χ0v) is 21.2. The molecule has 11 heteroatoms. The molecule has 1 aromatic heterocycles. The molecule has 0 saturated carbocycles. The molecule has 34 heavy (non-hydrogen) atoms. The lowest BCUT2D eigenvalue weighted by Crippen LogP contribution is -2.48. The van der Waals surface area contributed by atoms with Crippen LogP contribution in [0.4, 0.5) is 4.39 Å². The van der Waals surface area contributed by atoms with Gasteiger partial charge in [-0.05, 0) is 35.2 Å². The van der Waals surface area contributed by atoms with Gasteiger partial charge in [-0.15, -0.1) is 11.3 Å². The van der Waals surface area contributed by atoms with Gasteiger partial charge in [0.2, 0.25) is 0 Å².